The smallest absolute Gasteiger partial charge is 0.220 e. The lowest BCUT2D eigenvalue weighted by Gasteiger charge is -2.27. The Balaban J connectivity index is 1.33. The summed E-state index contributed by atoms with van der Waals surface area (Å²) < 4.78 is 11.3. The number of nitrogens with zero attached hydrogens (tertiary/aromatic N) is 1. The monoisotopic (exact) mass is 365 g/mol. The molecule has 1 fully saturated rings. The zero-order valence-electron chi connectivity index (χ0n) is 14.6. The van der Waals surface area contributed by atoms with E-state index in [0.29, 0.717) is 19.6 Å². The normalized spacial score (nSPS) is 17.8. The second-order valence-electron chi connectivity index (χ2n) is 6.20. The van der Waals surface area contributed by atoms with E-state index in [4.69, 9.17) is 9.47 Å². The Morgan fingerprint density at radius 3 is 2.84 bits per heavy atom. The summed E-state index contributed by atoms with van der Waals surface area (Å²) in [5.74, 6) is 2.51. The molecule has 0 saturated carbocycles. The zero-order chi connectivity index (χ0) is 17.3. The molecule has 138 valence electrons. The van der Waals surface area contributed by atoms with Gasteiger partial charge in [0.05, 0.1) is 13.2 Å². The fourth-order valence-corrected chi connectivity index (χ4v) is 3.75. The lowest BCUT2D eigenvalue weighted by molar-refractivity contribution is -0.120. The van der Waals surface area contributed by atoms with Gasteiger partial charge < -0.3 is 20.1 Å². The third-order valence-corrected chi connectivity index (χ3v) is 5.27. The molecule has 1 amide bonds. The van der Waals surface area contributed by atoms with Crippen molar-refractivity contribution in [3.8, 4) is 11.5 Å². The Bertz CT molecular complexity index is 564. The summed E-state index contributed by atoms with van der Waals surface area (Å²) in [5.41, 5.74) is 0. The van der Waals surface area contributed by atoms with Gasteiger partial charge in [0.25, 0.3) is 0 Å². The van der Waals surface area contributed by atoms with Gasteiger partial charge in [-0.2, -0.15) is 0 Å². The van der Waals surface area contributed by atoms with Gasteiger partial charge in [0, 0.05) is 62.8 Å². The van der Waals surface area contributed by atoms with Crippen LogP contribution >= 0.6 is 11.8 Å². The first-order valence-electron chi connectivity index (χ1n) is 9.03. The fourth-order valence-electron chi connectivity index (χ4n) is 2.87. The van der Waals surface area contributed by atoms with Crippen molar-refractivity contribution >= 4 is 17.7 Å². The highest BCUT2D eigenvalue weighted by Gasteiger charge is 2.12. The molecule has 0 bridgehead atoms. The maximum atomic E-state index is 12.0. The Labute approximate surface area is 153 Å². The summed E-state index contributed by atoms with van der Waals surface area (Å²) in [6.45, 7) is 7.27. The van der Waals surface area contributed by atoms with E-state index in [-0.39, 0.29) is 5.91 Å². The van der Waals surface area contributed by atoms with Crippen LogP contribution in [0.5, 0.6) is 11.5 Å². The highest BCUT2D eigenvalue weighted by atomic mass is 32.2. The average Bonchev–Trinajstić information content (AvgIpc) is 2.87. The summed E-state index contributed by atoms with van der Waals surface area (Å²) in [6.07, 6.45) is 1.44. The maximum absolute atomic E-state index is 12.0. The van der Waals surface area contributed by atoms with E-state index < -0.39 is 0 Å². The minimum atomic E-state index is 0.122. The molecule has 1 aromatic rings. The molecule has 0 atom stereocenters. The fraction of sp³-hybridized carbons (Fsp3) is 0.611. The Morgan fingerprint density at radius 2 is 2.00 bits per heavy atom. The third kappa shape index (κ3) is 6.09. The predicted octanol–water partition coefficient (Wildman–Crippen LogP) is 1.35. The molecular weight excluding hydrogens is 338 g/mol. The first-order chi connectivity index (χ1) is 12.3. The van der Waals surface area contributed by atoms with E-state index in [1.54, 1.807) is 11.8 Å². The minimum Gasteiger partial charge on any atom is -0.490 e. The van der Waals surface area contributed by atoms with E-state index >= 15 is 0 Å². The Hall–Kier alpha value is -1.44. The third-order valence-electron chi connectivity index (χ3n) is 4.28. The van der Waals surface area contributed by atoms with Gasteiger partial charge in [0.1, 0.15) is 0 Å². The number of fused-ring (bicyclic) bond motifs is 1. The minimum absolute atomic E-state index is 0.122. The summed E-state index contributed by atoms with van der Waals surface area (Å²) in [4.78, 5) is 15.4. The van der Waals surface area contributed by atoms with Crippen LogP contribution < -0.4 is 20.1 Å². The molecule has 0 aromatic heterocycles. The van der Waals surface area contributed by atoms with Crippen molar-refractivity contribution in [2.24, 2.45) is 0 Å². The molecular formula is C18H27N3O3S. The van der Waals surface area contributed by atoms with Crippen molar-refractivity contribution < 1.29 is 14.3 Å². The quantitative estimate of drug-likeness (QED) is 0.712. The Kier molecular flexibility index (Phi) is 7.26. The van der Waals surface area contributed by atoms with Crippen LogP contribution in [0.4, 0.5) is 0 Å². The second-order valence-corrected chi connectivity index (χ2v) is 7.37. The molecule has 0 spiro atoms. The van der Waals surface area contributed by atoms with Gasteiger partial charge in [-0.05, 0) is 18.2 Å². The molecule has 2 aliphatic rings. The topological polar surface area (TPSA) is 62.8 Å². The second kappa shape index (κ2) is 9.89. The van der Waals surface area contributed by atoms with E-state index in [9.17, 15) is 4.79 Å². The van der Waals surface area contributed by atoms with Crippen molar-refractivity contribution in [1.29, 1.82) is 0 Å². The number of carbonyl (C=O) groups excluding carboxylic acids is 1. The number of hydrogen-bond donors (Lipinski definition) is 2. The standard InChI is InChI=1S/C18H27N3O3S/c22-18(20-7-10-21-8-5-19-6-9-21)4-13-25-15-2-3-16-17(14-15)24-12-1-11-23-16/h2-3,14,19H,1,4-13H2,(H,20,22). The van der Waals surface area contributed by atoms with Crippen LogP contribution in [0, 0.1) is 0 Å². The first kappa shape index (κ1) is 18.4. The molecule has 25 heavy (non-hydrogen) atoms. The molecule has 0 radical (unpaired) electrons. The molecule has 7 heteroatoms. The number of carbonyl (C=O) groups is 1. The van der Waals surface area contributed by atoms with Gasteiger partial charge >= 0.3 is 0 Å². The molecule has 1 saturated heterocycles. The number of amides is 1. The first-order valence-corrected chi connectivity index (χ1v) is 10.0. The largest absolute Gasteiger partial charge is 0.490 e. The molecule has 2 aliphatic heterocycles. The molecule has 1 aromatic carbocycles. The highest BCUT2D eigenvalue weighted by molar-refractivity contribution is 7.99. The van der Waals surface area contributed by atoms with E-state index in [2.05, 4.69) is 15.5 Å². The molecule has 2 N–H and O–H groups in total. The van der Waals surface area contributed by atoms with Crippen LogP contribution in [-0.4, -0.2) is 69.0 Å². The maximum Gasteiger partial charge on any atom is 0.220 e. The molecule has 0 aliphatic carbocycles. The van der Waals surface area contributed by atoms with Crippen LogP contribution in [0.3, 0.4) is 0 Å². The summed E-state index contributed by atoms with van der Waals surface area (Å²) in [5, 5.41) is 6.35. The average molecular weight is 365 g/mol. The van der Waals surface area contributed by atoms with Crippen molar-refractivity contribution in [3.63, 3.8) is 0 Å². The van der Waals surface area contributed by atoms with Crippen molar-refractivity contribution in [3.05, 3.63) is 18.2 Å². The number of nitrogens with one attached hydrogen (secondary N) is 2. The van der Waals surface area contributed by atoms with Gasteiger partial charge in [-0.1, -0.05) is 0 Å². The van der Waals surface area contributed by atoms with Gasteiger partial charge in [-0.15, -0.1) is 11.8 Å². The van der Waals surface area contributed by atoms with Gasteiger partial charge in [-0.3, -0.25) is 9.69 Å². The molecule has 0 unspecified atom stereocenters. The van der Waals surface area contributed by atoms with E-state index in [1.165, 1.54) is 0 Å². The summed E-state index contributed by atoms with van der Waals surface area (Å²) in [6, 6.07) is 5.99. The van der Waals surface area contributed by atoms with Crippen LogP contribution in [0.1, 0.15) is 12.8 Å². The zero-order valence-corrected chi connectivity index (χ0v) is 15.4. The van der Waals surface area contributed by atoms with Crippen molar-refractivity contribution in [1.82, 2.24) is 15.5 Å². The summed E-state index contributed by atoms with van der Waals surface area (Å²) in [7, 11) is 0. The number of benzene rings is 1. The lowest BCUT2D eigenvalue weighted by Crippen LogP contribution is -2.46. The van der Waals surface area contributed by atoms with Crippen LogP contribution in [0.25, 0.3) is 0 Å². The predicted molar refractivity (Wildman–Crippen MR) is 99.7 cm³/mol. The molecule has 6 nitrogen and oxygen atoms in total. The number of thioether (sulfide) groups is 1. The van der Waals surface area contributed by atoms with Crippen molar-refractivity contribution in [2.45, 2.75) is 17.7 Å². The summed E-state index contributed by atoms with van der Waals surface area (Å²) >= 11 is 1.67. The van der Waals surface area contributed by atoms with Crippen LogP contribution in [0.2, 0.25) is 0 Å². The van der Waals surface area contributed by atoms with Gasteiger partial charge in [0.15, 0.2) is 11.5 Å². The SMILES string of the molecule is O=C(CCSc1ccc2c(c1)OCCCO2)NCCN1CCNCC1. The van der Waals surface area contributed by atoms with E-state index in [1.807, 2.05) is 18.2 Å². The number of rotatable bonds is 7. The number of hydrogen-bond acceptors (Lipinski definition) is 6. The number of ether oxygens (including phenoxy) is 2. The highest BCUT2D eigenvalue weighted by Crippen LogP contribution is 2.33. The molecule has 2 heterocycles. The van der Waals surface area contributed by atoms with Crippen LogP contribution in [0.15, 0.2) is 23.1 Å². The van der Waals surface area contributed by atoms with Gasteiger partial charge in [0.2, 0.25) is 5.91 Å². The van der Waals surface area contributed by atoms with Crippen molar-refractivity contribution in [2.75, 3.05) is 58.2 Å². The Morgan fingerprint density at radius 1 is 1.20 bits per heavy atom. The number of piperazine rings is 1. The van der Waals surface area contributed by atoms with Gasteiger partial charge in [-0.25, -0.2) is 0 Å². The van der Waals surface area contributed by atoms with E-state index in [0.717, 1.165) is 67.8 Å². The lowest BCUT2D eigenvalue weighted by atomic mass is 10.3. The van der Waals surface area contributed by atoms with Crippen LogP contribution in [-0.2, 0) is 4.79 Å². The molecule has 3 rings (SSSR count).